The number of hydrogen-bond donors (Lipinski definition) is 0. The van der Waals surface area contributed by atoms with Crippen LogP contribution in [-0.2, 0) is 15.4 Å². The summed E-state index contributed by atoms with van der Waals surface area (Å²) in [6.07, 6.45) is 0. The predicted molar refractivity (Wildman–Crippen MR) is 106 cm³/mol. The second-order valence-electron chi connectivity index (χ2n) is 8.47. The highest BCUT2D eigenvalue weighted by Gasteiger charge is 2.39. The van der Waals surface area contributed by atoms with Gasteiger partial charge < -0.3 is 9.42 Å². The highest BCUT2D eigenvalue weighted by atomic mass is 32.2. The molecule has 29 heavy (non-hydrogen) atoms. The maximum atomic E-state index is 13.0. The maximum Gasteiger partial charge on any atom is 0.248 e. The molecule has 4 heterocycles. The number of aromatic nitrogens is 5. The van der Waals surface area contributed by atoms with Gasteiger partial charge in [0.2, 0.25) is 10.0 Å². The van der Waals surface area contributed by atoms with Crippen LogP contribution in [0.15, 0.2) is 21.6 Å². The van der Waals surface area contributed by atoms with Gasteiger partial charge in [0.15, 0.2) is 17.2 Å². The van der Waals surface area contributed by atoms with Crippen LogP contribution in [0.4, 0.5) is 5.82 Å². The molecule has 0 aromatic carbocycles. The molecule has 0 atom stereocenters. The monoisotopic (exact) mass is 419 g/mol. The number of likely N-dealkylation sites (N-methyl/N-ethyl adjacent to an activating group) is 1. The third-order valence-corrected chi connectivity index (χ3v) is 7.38. The molecule has 3 aromatic heterocycles. The summed E-state index contributed by atoms with van der Waals surface area (Å²) < 4.78 is 34.1. The molecule has 0 saturated carbocycles. The van der Waals surface area contributed by atoms with E-state index < -0.39 is 10.0 Å². The van der Waals surface area contributed by atoms with Crippen molar-refractivity contribution in [3.63, 3.8) is 0 Å². The lowest BCUT2D eigenvalue weighted by molar-refractivity contribution is 0.308. The van der Waals surface area contributed by atoms with Crippen molar-refractivity contribution in [2.45, 2.75) is 51.0 Å². The molecule has 10 nitrogen and oxygen atoms in total. The van der Waals surface area contributed by atoms with Gasteiger partial charge in [0, 0.05) is 25.6 Å². The first-order valence-corrected chi connectivity index (χ1v) is 10.8. The first-order chi connectivity index (χ1) is 13.5. The van der Waals surface area contributed by atoms with E-state index in [9.17, 15) is 8.42 Å². The highest BCUT2D eigenvalue weighted by Crippen LogP contribution is 2.29. The van der Waals surface area contributed by atoms with E-state index in [1.54, 1.807) is 25.4 Å². The van der Waals surface area contributed by atoms with E-state index in [1.807, 2.05) is 17.0 Å². The van der Waals surface area contributed by atoms with Crippen LogP contribution < -0.4 is 4.90 Å². The number of hydrogen-bond acceptors (Lipinski definition) is 8. The normalized spacial score (nSPS) is 16.0. The second-order valence-corrected chi connectivity index (χ2v) is 10.4. The average molecular weight is 420 g/mol. The van der Waals surface area contributed by atoms with Gasteiger partial charge in [0.05, 0.1) is 6.04 Å². The van der Waals surface area contributed by atoms with E-state index in [2.05, 4.69) is 41.2 Å². The Kier molecular flexibility index (Phi) is 4.43. The Morgan fingerprint density at radius 3 is 2.45 bits per heavy atom. The van der Waals surface area contributed by atoms with E-state index in [1.165, 1.54) is 4.31 Å². The number of fused-ring (bicyclic) bond motifs is 1. The molecular weight excluding hydrogens is 394 g/mol. The fourth-order valence-electron chi connectivity index (χ4n) is 3.47. The lowest BCUT2D eigenvalue weighted by Crippen LogP contribution is -2.60. The smallest absolute Gasteiger partial charge is 0.248 e. The van der Waals surface area contributed by atoms with Crippen LogP contribution in [0.5, 0.6) is 0 Å². The molecule has 1 aliphatic rings. The fourth-order valence-corrected chi connectivity index (χ4v) is 5.10. The standard InChI is InChI=1S/C18H25N7O3S/c1-11-16(12(2)28-22-11)29(26,27)23(6)13-9-24(10-13)15-8-7-14-19-20-17(18(3,4)5)25(14)21-15/h7-8,13H,9-10H2,1-6H3. The minimum atomic E-state index is -3.67. The third kappa shape index (κ3) is 3.18. The van der Waals surface area contributed by atoms with Gasteiger partial charge in [0.25, 0.3) is 0 Å². The number of aryl methyl sites for hydroxylation is 2. The van der Waals surface area contributed by atoms with Gasteiger partial charge in [-0.25, -0.2) is 8.42 Å². The number of sulfonamides is 1. The van der Waals surface area contributed by atoms with Gasteiger partial charge in [-0.2, -0.15) is 8.82 Å². The SMILES string of the molecule is Cc1noc(C)c1S(=O)(=O)N(C)C1CN(c2ccc3nnc(C(C)(C)C)n3n2)C1. The largest absolute Gasteiger partial charge is 0.360 e. The first kappa shape index (κ1) is 19.8. The van der Waals surface area contributed by atoms with Crippen molar-refractivity contribution in [3.05, 3.63) is 29.4 Å². The minimum Gasteiger partial charge on any atom is -0.360 e. The van der Waals surface area contributed by atoms with Crippen LogP contribution in [0.3, 0.4) is 0 Å². The van der Waals surface area contributed by atoms with E-state index >= 15 is 0 Å². The summed E-state index contributed by atoms with van der Waals surface area (Å²) in [4.78, 5) is 2.19. The van der Waals surface area contributed by atoms with E-state index in [0.29, 0.717) is 30.2 Å². The molecule has 0 aliphatic carbocycles. The topological polar surface area (TPSA) is 110 Å². The van der Waals surface area contributed by atoms with Crippen molar-refractivity contribution < 1.29 is 12.9 Å². The molecule has 0 radical (unpaired) electrons. The predicted octanol–water partition coefficient (Wildman–Crippen LogP) is 1.54. The van der Waals surface area contributed by atoms with Crippen LogP contribution in [0.2, 0.25) is 0 Å². The van der Waals surface area contributed by atoms with E-state index in [-0.39, 0.29) is 16.4 Å². The number of anilines is 1. The summed E-state index contributed by atoms with van der Waals surface area (Å²) in [5.74, 6) is 1.85. The molecule has 1 saturated heterocycles. The fraction of sp³-hybridized carbons (Fsp3) is 0.556. The molecular formula is C18H25N7O3S. The van der Waals surface area contributed by atoms with Crippen LogP contribution in [-0.4, -0.2) is 63.9 Å². The van der Waals surface area contributed by atoms with Crippen LogP contribution in [0.25, 0.3) is 5.65 Å². The Morgan fingerprint density at radius 1 is 1.17 bits per heavy atom. The molecule has 1 fully saturated rings. The van der Waals surface area contributed by atoms with Gasteiger partial charge in [-0.1, -0.05) is 25.9 Å². The summed E-state index contributed by atoms with van der Waals surface area (Å²) in [5, 5.41) is 16.9. The molecule has 1 aliphatic heterocycles. The Bertz CT molecular complexity index is 1150. The minimum absolute atomic E-state index is 0.150. The molecule has 156 valence electrons. The van der Waals surface area contributed by atoms with Crippen LogP contribution >= 0.6 is 0 Å². The average Bonchev–Trinajstić information content (AvgIpc) is 3.16. The zero-order chi connectivity index (χ0) is 21.1. The summed E-state index contributed by atoms with van der Waals surface area (Å²) in [6, 6.07) is 3.60. The van der Waals surface area contributed by atoms with Gasteiger partial charge in [-0.3, -0.25) is 0 Å². The lowest BCUT2D eigenvalue weighted by Gasteiger charge is -2.43. The molecule has 0 spiro atoms. The summed E-state index contributed by atoms with van der Waals surface area (Å²) in [5.41, 5.74) is 0.874. The second kappa shape index (κ2) is 6.49. The van der Waals surface area contributed by atoms with E-state index in [4.69, 9.17) is 4.52 Å². The van der Waals surface area contributed by atoms with Crippen molar-refractivity contribution in [2.75, 3.05) is 25.0 Å². The lowest BCUT2D eigenvalue weighted by atomic mass is 9.96. The van der Waals surface area contributed by atoms with Crippen molar-refractivity contribution in [3.8, 4) is 0 Å². The Balaban J connectivity index is 1.54. The van der Waals surface area contributed by atoms with Gasteiger partial charge >= 0.3 is 0 Å². The van der Waals surface area contributed by atoms with Gasteiger partial charge in [0.1, 0.15) is 16.4 Å². The van der Waals surface area contributed by atoms with E-state index in [0.717, 1.165) is 11.6 Å². The molecule has 0 bridgehead atoms. The molecule has 0 amide bonds. The first-order valence-electron chi connectivity index (χ1n) is 9.39. The number of rotatable bonds is 4. The van der Waals surface area contributed by atoms with Gasteiger partial charge in [-0.05, 0) is 26.0 Å². The molecule has 0 N–H and O–H groups in total. The molecule has 11 heteroatoms. The van der Waals surface area contributed by atoms with Crippen molar-refractivity contribution in [1.29, 1.82) is 0 Å². The zero-order valence-corrected chi connectivity index (χ0v) is 18.2. The summed E-state index contributed by atoms with van der Waals surface area (Å²) in [7, 11) is -2.08. The zero-order valence-electron chi connectivity index (χ0n) is 17.4. The molecule has 4 rings (SSSR count). The van der Waals surface area contributed by atoms with Crippen LogP contribution in [0, 0.1) is 13.8 Å². The summed E-state index contributed by atoms with van der Waals surface area (Å²) in [6.45, 7) is 10.5. The Hall–Kier alpha value is -2.53. The molecule has 3 aromatic rings. The third-order valence-electron chi connectivity index (χ3n) is 5.23. The number of nitrogens with zero attached hydrogens (tertiary/aromatic N) is 7. The highest BCUT2D eigenvalue weighted by molar-refractivity contribution is 7.89. The van der Waals surface area contributed by atoms with Crippen molar-refractivity contribution in [2.24, 2.45) is 0 Å². The van der Waals surface area contributed by atoms with Crippen molar-refractivity contribution in [1.82, 2.24) is 29.3 Å². The van der Waals surface area contributed by atoms with Gasteiger partial charge in [-0.15, -0.1) is 15.3 Å². The Labute approximate surface area is 169 Å². The van der Waals surface area contributed by atoms with Crippen molar-refractivity contribution >= 4 is 21.5 Å². The Morgan fingerprint density at radius 2 is 1.86 bits per heavy atom. The molecule has 0 unspecified atom stereocenters. The maximum absolute atomic E-state index is 13.0. The van der Waals surface area contributed by atoms with Crippen LogP contribution in [0.1, 0.15) is 38.0 Å². The quantitative estimate of drug-likeness (QED) is 0.626. The summed E-state index contributed by atoms with van der Waals surface area (Å²) >= 11 is 0.